The molecule has 0 spiro atoms. The summed E-state index contributed by atoms with van der Waals surface area (Å²) >= 11 is 4.27. The Morgan fingerprint density at radius 2 is 1.63 bits per heavy atom. The van der Waals surface area contributed by atoms with Crippen molar-refractivity contribution in [1.82, 2.24) is 15.1 Å². The molecule has 0 aliphatic carbocycles. The van der Waals surface area contributed by atoms with Gasteiger partial charge in [0.2, 0.25) is 5.91 Å². The minimum atomic E-state index is 0.0773. The summed E-state index contributed by atoms with van der Waals surface area (Å²) in [4.78, 5) is 26.6. The van der Waals surface area contributed by atoms with E-state index in [-0.39, 0.29) is 11.7 Å². The number of amides is 1. The zero-order chi connectivity index (χ0) is 19.2. The van der Waals surface area contributed by atoms with Crippen LogP contribution in [0.15, 0.2) is 39.0 Å². The second-order valence-electron chi connectivity index (χ2n) is 6.95. The van der Waals surface area contributed by atoms with Crippen LogP contribution in [-0.4, -0.2) is 51.4 Å². The highest BCUT2D eigenvalue weighted by Crippen LogP contribution is 2.30. The first-order chi connectivity index (χ1) is 13.0. The van der Waals surface area contributed by atoms with Crippen LogP contribution in [0, 0.1) is 11.8 Å². The van der Waals surface area contributed by atoms with Gasteiger partial charge in [-0.2, -0.15) is 0 Å². The highest BCUT2D eigenvalue weighted by atomic mass is 32.2. The highest BCUT2D eigenvalue weighted by Gasteiger charge is 2.25. The molecule has 1 saturated heterocycles. The van der Waals surface area contributed by atoms with E-state index in [9.17, 15) is 9.59 Å². The molecule has 1 aliphatic rings. The molecule has 0 N–H and O–H groups in total. The van der Waals surface area contributed by atoms with Gasteiger partial charge in [-0.25, -0.2) is 0 Å². The van der Waals surface area contributed by atoms with Gasteiger partial charge in [0, 0.05) is 18.7 Å². The fourth-order valence-electron chi connectivity index (χ4n) is 3.23. The van der Waals surface area contributed by atoms with Crippen LogP contribution < -0.4 is 0 Å². The highest BCUT2D eigenvalue weighted by molar-refractivity contribution is 8.03. The maximum atomic E-state index is 12.5. The maximum Gasteiger partial charge on any atom is 0.233 e. The smallest absolute Gasteiger partial charge is 0.233 e. The number of piperidine rings is 1. The lowest BCUT2D eigenvalue weighted by Crippen LogP contribution is -2.43. The molecule has 1 aromatic carbocycles. The molecule has 144 valence electrons. The molecular formula is C19H23N3O2S3. The van der Waals surface area contributed by atoms with Crippen LogP contribution in [0.4, 0.5) is 0 Å². The quantitative estimate of drug-likeness (QED) is 0.495. The predicted octanol–water partition coefficient (Wildman–Crippen LogP) is 4.11. The summed E-state index contributed by atoms with van der Waals surface area (Å²) in [5.74, 6) is 2.10. The minimum absolute atomic E-state index is 0.0773. The molecule has 5 nitrogen and oxygen atoms in total. The number of thioether (sulfide) groups is 2. The van der Waals surface area contributed by atoms with E-state index in [0.717, 1.165) is 21.8 Å². The summed E-state index contributed by atoms with van der Waals surface area (Å²) in [5, 5.41) is 8.27. The Balaban J connectivity index is 1.45. The summed E-state index contributed by atoms with van der Waals surface area (Å²) < 4.78 is 1.53. The summed E-state index contributed by atoms with van der Waals surface area (Å²) in [6, 6.07) is 9.25. The standard InChI is InChI=1S/C19H23N3O2S3/c1-13-8-14(2)10-22(9-13)17(24)12-26-19-21-20-18(27-19)25-11-16(23)15-6-4-3-5-7-15/h3-7,13-14H,8-12H2,1-2H3/t13-,14-/m0/s1. The Bertz CT molecular complexity index is 772. The minimum Gasteiger partial charge on any atom is -0.341 e. The Morgan fingerprint density at radius 3 is 2.26 bits per heavy atom. The molecule has 0 saturated carbocycles. The van der Waals surface area contributed by atoms with E-state index >= 15 is 0 Å². The molecule has 1 aliphatic heterocycles. The van der Waals surface area contributed by atoms with Gasteiger partial charge in [-0.3, -0.25) is 9.59 Å². The average molecular weight is 422 g/mol. The van der Waals surface area contributed by atoms with Crippen LogP contribution in [0.25, 0.3) is 0 Å². The van der Waals surface area contributed by atoms with Gasteiger partial charge in [-0.05, 0) is 18.3 Å². The molecule has 8 heteroatoms. The van der Waals surface area contributed by atoms with Gasteiger partial charge in [0.25, 0.3) is 0 Å². The van der Waals surface area contributed by atoms with Crippen molar-refractivity contribution in [3.63, 3.8) is 0 Å². The van der Waals surface area contributed by atoms with Crippen LogP contribution in [0.1, 0.15) is 30.6 Å². The predicted molar refractivity (Wildman–Crippen MR) is 112 cm³/mol. The van der Waals surface area contributed by atoms with E-state index in [2.05, 4.69) is 24.0 Å². The van der Waals surface area contributed by atoms with Crippen molar-refractivity contribution in [2.24, 2.45) is 11.8 Å². The van der Waals surface area contributed by atoms with E-state index in [1.807, 2.05) is 35.2 Å². The van der Waals surface area contributed by atoms with Crippen molar-refractivity contribution in [3.8, 4) is 0 Å². The van der Waals surface area contributed by atoms with Crippen molar-refractivity contribution in [2.45, 2.75) is 28.9 Å². The van der Waals surface area contributed by atoms with Crippen LogP contribution >= 0.6 is 34.9 Å². The number of hydrogen-bond donors (Lipinski definition) is 0. The van der Waals surface area contributed by atoms with Crippen LogP contribution in [0.2, 0.25) is 0 Å². The normalized spacial score (nSPS) is 19.9. The average Bonchev–Trinajstić information content (AvgIpc) is 3.12. The fourth-order valence-corrected chi connectivity index (χ4v) is 6.05. The first-order valence-electron chi connectivity index (χ1n) is 8.96. The van der Waals surface area contributed by atoms with E-state index in [1.165, 1.54) is 41.3 Å². The molecule has 2 atom stereocenters. The first kappa shape index (κ1) is 20.4. The molecule has 2 heterocycles. The van der Waals surface area contributed by atoms with Gasteiger partial charge in [-0.15, -0.1) is 10.2 Å². The van der Waals surface area contributed by atoms with Crippen molar-refractivity contribution in [1.29, 1.82) is 0 Å². The maximum absolute atomic E-state index is 12.5. The van der Waals surface area contributed by atoms with Crippen molar-refractivity contribution < 1.29 is 9.59 Å². The number of likely N-dealkylation sites (tertiary alicyclic amines) is 1. The van der Waals surface area contributed by atoms with Gasteiger partial charge < -0.3 is 4.90 Å². The zero-order valence-corrected chi connectivity index (χ0v) is 17.9. The van der Waals surface area contributed by atoms with Crippen LogP contribution in [0.3, 0.4) is 0 Å². The first-order valence-corrected chi connectivity index (χ1v) is 11.7. The van der Waals surface area contributed by atoms with Gasteiger partial charge >= 0.3 is 0 Å². The Hall–Kier alpha value is -1.38. The van der Waals surface area contributed by atoms with Crippen molar-refractivity contribution in [3.05, 3.63) is 35.9 Å². The SMILES string of the molecule is C[C@H]1C[C@H](C)CN(C(=O)CSc2nnc(SCC(=O)c3ccccc3)s2)C1. The van der Waals surface area contributed by atoms with E-state index in [1.54, 1.807) is 0 Å². The lowest BCUT2D eigenvalue weighted by Gasteiger charge is -2.34. The van der Waals surface area contributed by atoms with Gasteiger partial charge in [0.05, 0.1) is 11.5 Å². The second kappa shape index (κ2) is 9.71. The molecule has 0 bridgehead atoms. The molecular weight excluding hydrogens is 398 g/mol. The zero-order valence-electron chi connectivity index (χ0n) is 15.5. The lowest BCUT2D eigenvalue weighted by atomic mass is 9.92. The molecule has 3 rings (SSSR count). The molecule has 1 fully saturated rings. The Kier molecular flexibility index (Phi) is 7.32. The molecule has 0 unspecified atom stereocenters. The topological polar surface area (TPSA) is 63.2 Å². The van der Waals surface area contributed by atoms with Gasteiger partial charge in [-0.1, -0.05) is 79.0 Å². The monoisotopic (exact) mass is 421 g/mol. The number of carbonyl (C=O) groups excluding carboxylic acids is 2. The van der Waals surface area contributed by atoms with E-state index in [0.29, 0.717) is 28.9 Å². The number of hydrogen-bond acceptors (Lipinski definition) is 7. The molecule has 2 aromatic rings. The van der Waals surface area contributed by atoms with Crippen molar-refractivity contribution >= 4 is 46.6 Å². The molecule has 0 radical (unpaired) electrons. The van der Waals surface area contributed by atoms with Gasteiger partial charge in [0.1, 0.15) is 0 Å². The number of rotatable bonds is 7. The largest absolute Gasteiger partial charge is 0.341 e. The number of ketones is 1. The second-order valence-corrected chi connectivity index (χ2v) is 10.4. The van der Waals surface area contributed by atoms with Crippen LogP contribution in [-0.2, 0) is 4.79 Å². The Morgan fingerprint density at radius 1 is 1.04 bits per heavy atom. The molecule has 1 amide bonds. The fraction of sp³-hybridized carbons (Fsp3) is 0.474. The Labute approximate surface area is 172 Å². The van der Waals surface area contributed by atoms with E-state index < -0.39 is 0 Å². The summed E-state index contributed by atoms with van der Waals surface area (Å²) in [7, 11) is 0. The third-order valence-corrected chi connectivity index (χ3v) is 7.53. The van der Waals surface area contributed by atoms with Crippen LogP contribution in [0.5, 0.6) is 0 Å². The third kappa shape index (κ3) is 6.05. The number of aromatic nitrogens is 2. The summed E-state index contributed by atoms with van der Waals surface area (Å²) in [5.41, 5.74) is 0.708. The van der Waals surface area contributed by atoms with Crippen molar-refractivity contribution in [2.75, 3.05) is 24.6 Å². The lowest BCUT2D eigenvalue weighted by molar-refractivity contribution is -0.130. The number of benzene rings is 1. The summed E-state index contributed by atoms with van der Waals surface area (Å²) in [6.45, 7) is 6.10. The summed E-state index contributed by atoms with van der Waals surface area (Å²) in [6.07, 6.45) is 1.19. The van der Waals surface area contributed by atoms with E-state index in [4.69, 9.17) is 0 Å². The number of carbonyl (C=O) groups is 2. The number of nitrogens with zero attached hydrogens (tertiary/aromatic N) is 3. The van der Waals surface area contributed by atoms with Gasteiger partial charge in [0.15, 0.2) is 14.5 Å². The number of Topliss-reactive ketones (excluding diaryl/α,β-unsaturated/α-hetero) is 1. The molecule has 27 heavy (non-hydrogen) atoms. The molecule has 1 aromatic heterocycles. The third-order valence-electron chi connectivity index (χ3n) is 4.35.